The van der Waals surface area contributed by atoms with Gasteiger partial charge in [0.25, 0.3) is 0 Å². The molecule has 100 valence electrons. The Balaban J connectivity index is 2.20. The van der Waals surface area contributed by atoms with Crippen molar-refractivity contribution >= 4 is 0 Å². The highest BCUT2D eigenvalue weighted by Crippen LogP contribution is 2.55. The molecule has 2 bridgehead atoms. The van der Waals surface area contributed by atoms with Crippen LogP contribution >= 0.6 is 0 Å². The molecule has 2 aliphatic rings. The highest BCUT2D eigenvalue weighted by molar-refractivity contribution is 4.96. The van der Waals surface area contributed by atoms with Crippen molar-refractivity contribution in [2.45, 2.75) is 60.8 Å². The lowest BCUT2D eigenvalue weighted by Gasteiger charge is -2.54. The van der Waals surface area contributed by atoms with Crippen molar-refractivity contribution in [2.24, 2.45) is 47.3 Å². The summed E-state index contributed by atoms with van der Waals surface area (Å²) in [6.07, 6.45) is 4.46. The first-order chi connectivity index (χ1) is 7.91. The second kappa shape index (κ2) is 4.94. The predicted octanol–water partition coefficient (Wildman–Crippen LogP) is 5.23. The van der Waals surface area contributed by atoms with Crippen LogP contribution < -0.4 is 0 Å². The molecule has 17 heavy (non-hydrogen) atoms. The largest absolute Gasteiger partial charge is 0.0628 e. The Morgan fingerprint density at radius 3 is 2.00 bits per heavy atom. The first-order valence-corrected chi connectivity index (χ1v) is 7.91. The molecular weight excluding hydrogens is 204 g/mol. The third-order valence-corrected chi connectivity index (χ3v) is 6.17. The molecule has 2 rings (SSSR count). The topological polar surface area (TPSA) is 0 Å². The Bertz CT molecular complexity index is 251. The third-order valence-electron chi connectivity index (χ3n) is 6.17. The molecule has 0 aromatic heterocycles. The van der Waals surface area contributed by atoms with Crippen molar-refractivity contribution in [1.82, 2.24) is 0 Å². The summed E-state index contributed by atoms with van der Waals surface area (Å²) in [5.41, 5.74) is 0. The Labute approximate surface area is 109 Å². The maximum atomic E-state index is 2.55. The van der Waals surface area contributed by atoms with Crippen molar-refractivity contribution in [1.29, 1.82) is 0 Å². The van der Waals surface area contributed by atoms with Crippen LogP contribution in [-0.4, -0.2) is 0 Å². The fourth-order valence-corrected chi connectivity index (χ4v) is 5.13. The molecule has 0 spiro atoms. The summed E-state index contributed by atoms with van der Waals surface area (Å²) in [4.78, 5) is 0. The van der Waals surface area contributed by atoms with E-state index in [-0.39, 0.29) is 0 Å². The molecule has 0 aromatic carbocycles. The molecular formula is C17H32. The maximum absolute atomic E-state index is 2.55. The standard InChI is InChI=1S/C17H32/c1-10(2)7-16-13(5)12(4)15-8-11(3)9-17(16)14(15)6/h10-17H,7-9H2,1-6H3. The summed E-state index contributed by atoms with van der Waals surface area (Å²) < 4.78 is 0. The molecule has 0 heterocycles. The first-order valence-electron chi connectivity index (χ1n) is 7.91. The summed E-state index contributed by atoms with van der Waals surface area (Å²) >= 11 is 0. The number of hydrogen-bond donors (Lipinski definition) is 0. The van der Waals surface area contributed by atoms with E-state index in [0.29, 0.717) is 0 Å². The van der Waals surface area contributed by atoms with Crippen molar-refractivity contribution in [3.05, 3.63) is 0 Å². The van der Waals surface area contributed by atoms with Gasteiger partial charge in [-0.15, -0.1) is 0 Å². The highest BCUT2D eigenvalue weighted by atomic mass is 14.5. The van der Waals surface area contributed by atoms with E-state index in [9.17, 15) is 0 Å². The number of rotatable bonds is 2. The normalized spacial score (nSPS) is 50.6. The Hall–Kier alpha value is 0. The van der Waals surface area contributed by atoms with Gasteiger partial charge in [-0.25, -0.2) is 0 Å². The Kier molecular flexibility index (Phi) is 3.90. The van der Waals surface area contributed by atoms with Crippen molar-refractivity contribution in [3.8, 4) is 0 Å². The lowest BCUT2D eigenvalue weighted by atomic mass is 9.51. The molecule has 0 aromatic rings. The summed E-state index contributed by atoms with van der Waals surface area (Å²) in [7, 11) is 0. The second-order valence-corrected chi connectivity index (χ2v) is 7.78. The van der Waals surface area contributed by atoms with E-state index >= 15 is 0 Å². The van der Waals surface area contributed by atoms with Gasteiger partial charge in [0.15, 0.2) is 0 Å². The summed E-state index contributed by atoms with van der Waals surface area (Å²) in [6, 6.07) is 0. The molecule has 0 nitrogen and oxygen atoms in total. The minimum absolute atomic E-state index is 0.871. The van der Waals surface area contributed by atoms with Crippen LogP contribution in [0.2, 0.25) is 0 Å². The molecule has 2 saturated carbocycles. The van der Waals surface area contributed by atoms with E-state index in [1.807, 2.05) is 0 Å². The van der Waals surface area contributed by atoms with E-state index in [1.54, 1.807) is 0 Å². The van der Waals surface area contributed by atoms with Gasteiger partial charge in [-0.3, -0.25) is 0 Å². The molecule has 2 fully saturated rings. The van der Waals surface area contributed by atoms with Gasteiger partial charge < -0.3 is 0 Å². The van der Waals surface area contributed by atoms with E-state index < -0.39 is 0 Å². The van der Waals surface area contributed by atoms with Gasteiger partial charge in [-0.1, -0.05) is 41.5 Å². The SMILES string of the molecule is CC(C)CC1C(C)C(C)C2CC(C)CC1C2C. The van der Waals surface area contributed by atoms with E-state index in [2.05, 4.69) is 41.5 Å². The van der Waals surface area contributed by atoms with Crippen LogP contribution in [0.1, 0.15) is 60.8 Å². The van der Waals surface area contributed by atoms with Crippen molar-refractivity contribution < 1.29 is 0 Å². The molecule has 7 unspecified atom stereocenters. The van der Waals surface area contributed by atoms with Gasteiger partial charge in [0.1, 0.15) is 0 Å². The fourth-order valence-electron chi connectivity index (χ4n) is 5.13. The van der Waals surface area contributed by atoms with E-state index in [4.69, 9.17) is 0 Å². The van der Waals surface area contributed by atoms with Crippen LogP contribution in [0.15, 0.2) is 0 Å². The van der Waals surface area contributed by atoms with Crippen molar-refractivity contribution in [3.63, 3.8) is 0 Å². The summed E-state index contributed by atoms with van der Waals surface area (Å²) in [5.74, 6) is 7.78. The molecule has 7 atom stereocenters. The van der Waals surface area contributed by atoms with Crippen LogP contribution in [0.3, 0.4) is 0 Å². The monoisotopic (exact) mass is 236 g/mol. The van der Waals surface area contributed by atoms with Crippen LogP contribution in [0, 0.1) is 47.3 Å². The molecule has 0 radical (unpaired) electrons. The van der Waals surface area contributed by atoms with Gasteiger partial charge in [0.2, 0.25) is 0 Å². The average molecular weight is 236 g/mol. The van der Waals surface area contributed by atoms with Gasteiger partial charge >= 0.3 is 0 Å². The van der Waals surface area contributed by atoms with E-state index in [1.165, 1.54) is 19.3 Å². The zero-order valence-corrected chi connectivity index (χ0v) is 12.7. The van der Waals surface area contributed by atoms with Crippen LogP contribution in [-0.2, 0) is 0 Å². The van der Waals surface area contributed by atoms with Crippen LogP contribution in [0.4, 0.5) is 0 Å². The predicted molar refractivity (Wildman–Crippen MR) is 75.8 cm³/mol. The van der Waals surface area contributed by atoms with E-state index in [0.717, 1.165) is 47.3 Å². The highest BCUT2D eigenvalue weighted by Gasteiger charge is 2.48. The summed E-state index contributed by atoms with van der Waals surface area (Å²) in [5, 5.41) is 0. The number of hydrogen-bond acceptors (Lipinski definition) is 0. The fraction of sp³-hybridized carbons (Fsp3) is 1.00. The summed E-state index contributed by atoms with van der Waals surface area (Å²) in [6.45, 7) is 14.9. The first kappa shape index (κ1) is 13.4. The lowest BCUT2D eigenvalue weighted by molar-refractivity contribution is -0.0569. The molecule has 0 saturated heterocycles. The Morgan fingerprint density at radius 1 is 0.824 bits per heavy atom. The third kappa shape index (κ3) is 2.42. The smallest absolute Gasteiger partial charge is 0.0352 e. The van der Waals surface area contributed by atoms with Crippen LogP contribution in [0.5, 0.6) is 0 Å². The molecule has 0 aliphatic heterocycles. The molecule has 0 amide bonds. The maximum Gasteiger partial charge on any atom is -0.0352 e. The zero-order valence-electron chi connectivity index (χ0n) is 12.7. The minimum atomic E-state index is 0.871. The van der Waals surface area contributed by atoms with Crippen LogP contribution in [0.25, 0.3) is 0 Å². The number of fused-ring (bicyclic) bond motifs is 2. The van der Waals surface area contributed by atoms with Gasteiger partial charge in [-0.2, -0.15) is 0 Å². The second-order valence-electron chi connectivity index (χ2n) is 7.78. The van der Waals surface area contributed by atoms with Gasteiger partial charge in [-0.05, 0) is 66.6 Å². The van der Waals surface area contributed by atoms with Gasteiger partial charge in [0.05, 0.1) is 0 Å². The minimum Gasteiger partial charge on any atom is -0.0628 e. The lowest BCUT2D eigenvalue weighted by Crippen LogP contribution is -2.48. The quantitative estimate of drug-likeness (QED) is 0.615. The average Bonchev–Trinajstić information content (AvgIpc) is 2.25. The van der Waals surface area contributed by atoms with Gasteiger partial charge in [0, 0.05) is 0 Å². The molecule has 2 aliphatic carbocycles. The Morgan fingerprint density at radius 2 is 1.41 bits per heavy atom. The molecule has 0 heteroatoms. The van der Waals surface area contributed by atoms with Crippen molar-refractivity contribution in [2.75, 3.05) is 0 Å². The molecule has 0 N–H and O–H groups in total. The zero-order chi connectivity index (χ0) is 12.7.